The van der Waals surface area contributed by atoms with Gasteiger partial charge in [0.25, 0.3) is 0 Å². The Morgan fingerprint density at radius 2 is 2.12 bits per heavy atom. The number of nitrogens with two attached hydrogens (primary N) is 1. The molecule has 0 aliphatic rings. The summed E-state index contributed by atoms with van der Waals surface area (Å²) in [6, 6.07) is 5.57. The van der Waals surface area contributed by atoms with Gasteiger partial charge in [0.15, 0.2) is 0 Å². The Balaban J connectivity index is 2.81. The van der Waals surface area contributed by atoms with Crippen molar-refractivity contribution in [1.29, 1.82) is 5.41 Å². The van der Waals surface area contributed by atoms with Gasteiger partial charge in [-0.3, -0.25) is 10.3 Å². The van der Waals surface area contributed by atoms with E-state index in [0.717, 1.165) is 31.6 Å². The summed E-state index contributed by atoms with van der Waals surface area (Å²) in [7, 11) is 0. The van der Waals surface area contributed by atoms with Crippen LogP contribution in [-0.4, -0.2) is 23.8 Å². The second-order valence-electron chi connectivity index (χ2n) is 4.09. The van der Waals surface area contributed by atoms with Crippen molar-refractivity contribution in [2.24, 2.45) is 5.73 Å². The second-order valence-corrected chi connectivity index (χ2v) is 4.50. The highest BCUT2D eigenvalue weighted by atomic mass is 35.5. The van der Waals surface area contributed by atoms with Crippen molar-refractivity contribution >= 4 is 17.4 Å². The molecule has 0 atom stereocenters. The molecule has 4 heteroatoms. The average molecular weight is 254 g/mol. The maximum absolute atomic E-state index is 7.35. The normalized spacial score (nSPS) is 10.8. The zero-order chi connectivity index (χ0) is 12.8. The molecule has 0 radical (unpaired) electrons. The number of nitrogens with one attached hydrogen (secondary N) is 1. The number of halogens is 1. The van der Waals surface area contributed by atoms with Crippen LogP contribution in [-0.2, 0) is 6.54 Å². The molecule has 1 aromatic rings. The van der Waals surface area contributed by atoms with Gasteiger partial charge in [0.05, 0.1) is 0 Å². The number of nitrogen functional groups attached to an aromatic ring is 1. The van der Waals surface area contributed by atoms with E-state index in [2.05, 4.69) is 18.7 Å². The van der Waals surface area contributed by atoms with Crippen LogP contribution in [0.5, 0.6) is 0 Å². The highest BCUT2D eigenvalue weighted by molar-refractivity contribution is 6.31. The van der Waals surface area contributed by atoms with Crippen LogP contribution in [0.2, 0.25) is 5.02 Å². The summed E-state index contributed by atoms with van der Waals surface area (Å²) in [5, 5.41) is 8.04. The van der Waals surface area contributed by atoms with Crippen molar-refractivity contribution in [3.05, 3.63) is 34.3 Å². The maximum atomic E-state index is 7.35. The molecule has 0 fully saturated rings. The van der Waals surface area contributed by atoms with E-state index in [0.29, 0.717) is 10.6 Å². The van der Waals surface area contributed by atoms with Crippen molar-refractivity contribution in [2.75, 3.05) is 13.1 Å². The van der Waals surface area contributed by atoms with Crippen LogP contribution < -0.4 is 5.73 Å². The predicted molar refractivity (Wildman–Crippen MR) is 73.7 cm³/mol. The number of nitrogens with zero attached hydrogens (tertiary/aromatic N) is 1. The fourth-order valence-electron chi connectivity index (χ4n) is 1.75. The van der Waals surface area contributed by atoms with Gasteiger partial charge in [-0.05, 0) is 31.1 Å². The molecule has 0 heterocycles. The first kappa shape index (κ1) is 14.0. The lowest BCUT2D eigenvalue weighted by atomic mass is 10.1. The van der Waals surface area contributed by atoms with Gasteiger partial charge in [-0.15, -0.1) is 0 Å². The first-order chi connectivity index (χ1) is 8.08. The van der Waals surface area contributed by atoms with Gasteiger partial charge in [-0.25, -0.2) is 0 Å². The Bertz CT molecular complexity index is 390. The van der Waals surface area contributed by atoms with E-state index in [1.165, 1.54) is 0 Å². The minimum Gasteiger partial charge on any atom is -0.384 e. The molecule has 0 aromatic heterocycles. The number of hydrogen-bond acceptors (Lipinski definition) is 2. The summed E-state index contributed by atoms with van der Waals surface area (Å²) >= 11 is 6.20. The molecular formula is C13H20ClN3. The SMILES string of the molecule is CCCN(CC)Cc1ccc(C(=N)N)cc1Cl. The van der Waals surface area contributed by atoms with Gasteiger partial charge in [-0.2, -0.15) is 0 Å². The van der Waals surface area contributed by atoms with Crippen LogP contribution in [0.25, 0.3) is 0 Å². The summed E-state index contributed by atoms with van der Waals surface area (Å²) in [6.07, 6.45) is 1.14. The van der Waals surface area contributed by atoms with E-state index >= 15 is 0 Å². The average Bonchev–Trinajstić information content (AvgIpc) is 2.30. The zero-order valence-electron chi connectivity index (χ0n) is 10.5. The van der Waals surface area contributed by atoms with E-state index in [-0.39, 0.29) is 5.84 Å². The van der Waals surface area contributed by atoms with Gasteiger partial charge < -0.3 is 5.73 Å². The molecule has 0 unspecified atom stereocenters. The van der Waals surface area contributed by atoms with E-state index in [1.807, 2.05) is 12.1 Å². The predicted octanol–water partition coefficient (Wildman–Crippen LogP) is 2.86. The third-order valence-corrected chi connectivity index (χ3v) is 3.10. The molecule has 0 bridgehead atoms. The summed E-state index contributed by atoms with van der Waals surface area (Å²) in [6.45, 7) is 7.25. The van der Waals surface area contributed by atoms with Crippen LogP contribution in [0.3, 0.4) is 0 Å². The third-order valence-electron chi connectivity index (χ3n) is 2.75. The Kier molecular flexibility index (Phi) is 5.45. The van der Waals surface area contributed by atoms with Crippen molar-refractivity contribution in [3.63, 3.8) is 0 Å². The highest BCUT2D eigenvalue weighted by Crippen LogP contribution is 2.19. The molecule has 94 valence electrons. The van der Waals surface area contributed by atoms with Crippen molar-refractivity contribution < 1.29 is 0 Å². The van der Waals surface area contributed by atoms with Gasteiger partial charge in [0.1, 0.15) is 5.84 Å². The van der Waals surface area contributed by atoms with E-state index < -0.39 is 0 Å². The first-order valence-corrected chi connectivity index (χ1v) is 6.31. The Morgan fingerprint density at radius 1 is 1.41 bits per heavy atom. The molecule has 0 aliphatic heterocycles. The standard InChI is InChI=1S/C13H20ClN3/c1-3-7-17(4-2)9-11-6-5-10(13(15)16)8-12(11)14/h5-6,8H,3-4,7,9H2,1-2H3,(H3,15,16). The van der Waals surface area contributed by atoms with Crippen molar-refractivity contribution in [1.82, 2.24) is 4.90 Å². The number of amidine groups is 1. The van der Waals surface area contributed by atoms with Crippen molar-refractivity contribution in [3.8, 4) is 0 Å². The molecule has 0 saturated heterocycles. The maximum Gasteiger partial charge on any atom is 0.122 e. The minimum absolute atomic E-state index is 0.0550. The van der Waals surface area contributed by atoms with Gasteiger partial charge in [0, 0.05) is 17.1 Å². The summed E-state index contributed by atoms with van der Waals surface area (Å²) in [5.74, 6) is 0.0550. The van der Waals surface area contributed by atoms with Crippen LogP contribution >= 0.6 is 11.6 Å². The number of benzene rings is 1. The summed E-state index contributed by atoms with van der Waals surface area (Å²) < 4.78 is 0. The molecule has 0 aliphatic carbocycles. The lowest BCUT2D eigenvalue weighted by Crippen LogP contribution is -2.23. The van der Waals surface area contributed by atoms with Crippen LogP contribution in [0.15, 0.2) is 18.2 Å². The zero-order valence-corrected chi connectivity index (χ0v) is 11.2. The first-order valence-electron chi connectivity index (χ1n) is 5.93. The molecule has 0 spiro atoms. The van der Waals surface area contributed by atoms with E-state index in [9.17, 15) is 0 Å². The fourth-order valence-corrected chi connectivity index (χ4v) is 1.99. The quantitative estimate of drug-likeness (QED) is 0.605. The third kappa shape index (κ3) is 4.02. The Morgan fingerprint density at radius 3 is 2.59 bits per heavy atom. The lowest BCUT2D eigenvalue weighted by molar-refractivity contribution is 0.281. The smallest absolute Gasteiger partial charge is 0.122 e. The molecular weight excluding hydrogens is 234 g/mol. The summed E-state index contributed by atoms with van der Waals surface area (Å²) in [4.78, 5) is 2.34. The monoisotopic (exact) mass is 253 g/mol. The molecule has 0 amide bonds. The van der Waals surface area contributed by atoms with Gasteiger partial charge >= 0.3 is 0 Å². The second kappa shape index (κ2) is 6.62. The topological polar surface area (TPSA) is 53.1 Å². The van der Waals surface area contributed by atoms with E-state index in [1.54, 1.807) is 6.07 Å². The molecule has 1 aromatic carbocycles. The largest absolute Gasteiger partial charge is 0.384 e. The number of rotatable bonds is 6. The lowest BCUT2D eigenvalue weighted by Gasteiger charge is -2.20. The fraction of sp³-hybridized carbons (Fsp3) is 0.462. The van der Waals surface area contributed by atoms with E-state index in [4.69, 9.17) is 22.7 Å². The molecule has 3 N–H and O–H groups in total. The number of hydrogen-bond donors (Lipinski definition) is 2. The van der Waals surface area contributed by atoms with Gasteiger partial charge in [-0.1, -0.05) is 37.6 Å². The van der Waals surface area contributed by atoms with Crippen LogP contribution in [0.4, 0.5) is 0 Å². The van der Waals surface area contributed by atoms with Crippen molar-refractivity contribution in [2.45, 2.75) is 26.8 Å². The summed E-state index contributed by atoms with van der Waals surface area (Å²) in [5.41, 5.74) is 7.19. The minimum atomic E-state index is 0.0550. The molecule has 0 saturated carbocycles. The highest BCUT2D eigenvalue weighted by Gasteiger charge is 2.07. The Hall–Kier alpha value is -1.06. The molecule has 3 nitrogen and oxygen atoms in total. The Labute approximate surface area is 108 Å². The van der Waals surface area contributed by atoms with Crippen LogP contribution in [0, 0.1) is 5.41 Å². The molecule has 17 heavy (non-hydrogen) atoms. The van der Waals surface area contributed by atoms with Gasteiger partial charge in [0.2, 0.25) is 0 Å². The molecule has 1 rings (SSSR count). The van der Waals surface area contributed by atoms with Crippen LogP contribution in [0.1, 0.15) is 31.4 Å².